The predicted molar refractivity (Wildman–Crippen MR) is 142 cm³/mol. The summed E-state index contributed by atoms with van der Waals surface area (Å²) in [5.41, 5.74) is -2.85. The molecule has 1 unspecified atom stereocenters. The average molecular weight is 561 g/mol. The Morgan fingerprint density at radius 1 is 0.846 bits per heavy atom. The Morgan fingerprint density at radius 2 is 1.44 bits per heavy atom. The lowest BCUT2D eigenvalue weighted by molar-refractivity contribution is -0.123. The maximum absolute atomic E-state index is 14.0. The SMILES string of the molecule is O=C(NC(Cc1ccc(C(F)(F)P(=O)(O)O)cc1)C(=O)NCCCCc1ccccc1)OCc1ccccc1. The molecule has 8 nitrogen and oxygen atoms in total. The fraction of sp³-hybridized carbons (Fsp3) is 0.286. The minimum absolute atomic E-state index is 0.00729. The molecule has 0 aliphatic rings. The third kappa shape index (κ3) is 9.28. The number of nitrogens with one attached hydrogen (secondary N) is 2. The van der Waals surface area contributed by atoms with Gasteiger partial charge in [-0.3, -0.25) is 9.36 Å². The van der Waals surface area contributed by atoms with Crippen molar-refractivity contribution in [3.05, 3.63) is 107 Å². The molecule has 0 aromatic heterocycles. The van der Waals surface area contributed by atoms with Gasteiger partial charge in [0.2, 0.25) is 5.91 Å². The zero-order valence-corrected chi connectivity index (χ0v) is 22.0. The molecule has 3 aromatic rings. The Labute approximate surface area is 225 Å². The van der Waals surface area contributed by atoms with E-state index in [1.54, 1.807) is 24.3 Å². The van der Waals surface area contributed by atoms with Crippen LogP contribution in [0.25, 0.3) is 0 Å². The van der Waals surface area contributed by atoms with E-state index in [-0.39, 0.29) is 13.0 Å². The summed E-state index contributed by atoms with van der Waals surface area (Å²) in [6.07, 6.45) is 1.52. The molecule has 0 aliphatic carbocycles. The summed E-state index contributed by atoms with van der Waals surface area (Å²) in [5, 5.41) is 5.32. The Bertz CT molecular complexity index is 1250. The van der Waals surface area contributed by atoms with E-state index in [4.69, 9.17) is 14.5 Å². The number of benzene rings is 3. The number of hydrogen-bond donors (Lipinski definition) is 4. The first-order valence-electron chi connectivity index (χ1n) is 12.4. The van der Waals surface area contributed by atoms with Crippen molar-refractivity contribution in [2.24, 2.45) is 0 Å². The molecule has 1 atom stereocenters. The number of rotatable bonds is 13. The van der Waals surface area contributed by atoms with Crippen molar-refractivity contribution in [3.63, 3.8) is 0 Å². The van der Waals surface area contributed by atoms with E-state index >= 15 is 0 Å². The molecule has 0 aliphatic heterocycles. The summed E-state index contributed by atoms with van der Waals surface area (Å²) in [7, 11) is -5.71. The van der Waals surface area contributed by atoms with Gasteiger partial charge in [-0.05, 0) is 36.0 Å². The molecule has 0 heterocycles. The highest BCUT2D eigenvalue weighted by Gasteiger charge is 2.50. The second kappa shape index (κ2) is 14.0. The van der Waals surface area contributed by atoms with E-state index in [9.17, 15) is 22.9 Å². The molecule has 11 heteroatoms. The fourth-order valence-electron chi connectivity index (χ4n) is 3.80. The summed E-state index contributed by atoms with van der Waals surface area (Å²) < 4.78 is 44.4. The number of amides is 2. The number of aryl methyl sites for hydroxylation is 1. The lowest BCUT2D eigenvalue weighted by Gasteiger charge is -2.20. The normalized spacial score (nSPS) is 12.4. The molecule has 39 heavy (non-hydrogen) atoms. The third-order valence-electron chi connectivity index (χ3n) is 5.96. The maximum atomic E-state index is 14.0. The van der Waals surface area contributed by atoms with Crippen molar-refractivity contribution < 1.29 is 37.5 Å². The molecule has 0 radical (unpaired) electrons. The van der Waals surface area contributed by atoms with Gasteiger partial charge in [0, 0.05) is 18.5 Å². The molecule has 0 saturated carbocycles. The lowest BCUT2D eigenvalue weighted by Crippen LogP contribution is -2.48. The Balaban J connectivity index is 1.61. The van der Waals surface area contributed by atoms with Crippen LogP contribution in [0.5, 0.6) is 0 Å². The summed E-state index contributed by atoms with van der Waals surface area (Å²) in [4.78, 5) is 43.3. The predicted octanol–water partition coefficient (Wildman–Crippen LogP) is 4.89. The van der Waals surface area contributed by atoms with E-state index in [0.717, 1.165) is 30.5 Å². The van der Waals surface area contributed by atoms with Crippen LogP contribution in [0.15, 0.2) is 84.9 Å². The van der Waals surface area contributed by atoms with E-state index in [2.05, 4.69) is 10.6 Å². The lowest BCUT2D eigenvalue weighted by atomic mass is 10.0. The Kier molecular flexibility index (Phi) is 10.7. The molecule has 0 saturated heterocycles. The molecule has 0 bridgehead atoms. The Hall–Kier alpha value is -3.59. The molecule has 0 spiro atoms. The van der Waals surface area contributed by atoms with Gasteiger partial charge in [-0.25, -0.2) is 4.79 Å². The summed E-state index contributed by atoms with van der Waals surface area (Å²) >= 11 is 0. The number of ether oxygens (including phenoxy) is 1. The van der Waals surface area contributed by atoms with Gasteiger partial charge in [-0.1, -0.05) is 84.9 Å². The van der Waals surface area contributed by atoms with Gasteiger partial charge in [0.15, 0.2) is 0 Å². The smallest absolute Gasteiger partial charge is 0.408 e. The molecule has 2 amide bonds. The van der Waals surface area contributed by atoms with Crippen LogP contribution in [-0.2, 0) is 39.2 Å². The first-order valence-corrected chi connectivity index (χ1v) is 14.0. The average Bonchev–Trinajstić information content (AvgIpc) is 2.92. The van der Waals surface area contributed by atoms with Gasteiger partial charge in [-0.2, -0.15) is 8.78 Å². The number of alkyl halides is 2. The number of unbranched alkanes of at least 4 members (excludes halogenated alkanes) is 1. The first-order chi connectivity index (χ1) is 18.6. The molecule has 3 rings (SSSR count). The summed E-state index contributed by atoms with van der Waals surface area (Å²) in [5.74, 6) is -0.476. The van der Waals surface area contributed by atoms with E-state index in [1.165, 1.54) is 17.7 Å². The zero-order valence-electron chi connectivity index (χ0n) is 21.1. The van der Waals surface area contributed by atoms with Gasteiger partial charge in [0.25, 0.3) is 0 Å². The molecule has 4 N–H and O–H groups in total. The second-order valence-electron chi connectivity index (χ2n) is 8.98. The first kappa shape index (κ1) is 30.0. The van der Waals surface area contributed by atoms with Crippen LogP contribution in [0.1, 0.15) is 35.1 Å². The number of carbonyl (C=O) groups is 2. The van der Waals surface area contributed by atoms with Crippen LogP contribution in [0.4, 0.5) is 13.6 Å². The summed E-state index contributed by atoms with van der Waals surface area (Å²) in [6, 6.07) is 22.1. The van der Waals surface area contributed by atoms with Crippen LogP contribution in [-0.4, -0.2) is 34.4 Å². The van der Waals surface area contributed by atoms with E-state index in [0.29, 0.717) is 18.5 Å². The van der Waals surface area contributed by atoms with Crippen LogP contribution >= 0.6 is 7.60 Å². The van der Waals surface area contributed by atoms with E-state index < -0.39 is 36.9 Å². The van der Waals surface area contributed by atoms with E-state index in [1.807, 2.05) is 36.4 Å². The van der Waals surface area contributed by atoms with Crippen molar-refractivity contribution >= 4 is 19.6 Å². The van der Waals surface area contributed by atoms with Crippen LogP contribution in [0.3, 0.4) is 0 Å². The number of alkyl carbamates (subject to hydrolysis) is 1. The van der Waals surface area contributed by atoms with Crippen molar-refractivity contribution in [1.29, 1.82) is 0 Å². The molecular weight excluding hydrogens is 529 g/mol. The van der Waals surface area contributed by atoms with Gasteiger partial charge in [0.1, 0.15) is 12.6 Å². The van der Waals surface area contributed by atoms with Crippen molar-refractivity contribution in [2.75, 3.05) is 6.54 Å². The molecule has 208 valence electrons. The van der Waals surface area contributed by atoms with Crippen LogP contribution in [0.2, 0.25) is 0 Å². The second-order valence-corrected chi connectivity index (χ2v) is 10.6. The highest BCUT2D eigenvalue weighted by atomic mass is 31.2. The Morgan fingerprint density at radius 3 is 2.03 bits per heavy atom. The third-order valence-corrected chi connectivity index (χ3v) is 6.95. The zero-order chi connectivity index (χ0) is 28.3. The molecule has 3 aromatic carbocycles. The van der Waals surface area contributed by atoms with Crippen LogP contribution < -0.4 is 10.6 Å². The largest absolute Gasteiger partial charge is 0.445 e. The van der Waals surface area contributed by atoms with Crippen molar-refractivity contribution in [2.45, 2.75) is 44.0 Å². The highest BCUT2D eigenvalue weighted by Crippen LogP contribution is 2.59. The van der Waals surface area contributed by atoms with Gasteiger partial charge in [-0.15, -0.1) is 0 Å². The number of halogens is 2. The highest BCUT2D eigenvalue weighted by molar-refractivity contribution is 7.52. The van der Waals surface area contributed by atoms with Crippen molar-refractivity contribution in [1.82, 2.24) is 10.6 Å². The van der Waals surface area contributed by atoms with Crippen LogP contribution in [0, 0.1) is 0 Å². The fourth-order valence-corrected chi connectivity index (χ4v) is 4.28. The minimum atomic E-state index is -5.71. The number of carbonyl (C=O) groups excluding carboxylic acids is 2. The topological polar surface area (TPSA) is 125 Å². The summed E-state index contributed by atoms with van der Waals surface area (Å²) in [6.45, 7) is 0.364. The maximum Gasteiger partial charge on any atom is 0.408 e. The van der Waals surface area contributed by atoms with Gasteiger partial charge in [0.05, 0.1) is 0 Å². The van der Waals surface area contributed by atoms with Crippen molar-refractivity contribution in [3.8, 4) is 0 Å². The monoisotopic (exact) mass is 560 g/mol. The minimum Gasteiger partial charge on any atom is -0.445 e. The standard InChI is InChI=1S/C28H31F2N2O6P/c29-28(30,39(35,36)37)24-16-14-22(15-17-24)19-25(32-27(34)38-20-23-12-5-2-6-13-23)26(33)31-18-8-7-11-21-9-3-1-4-10-21/h1-6,9-10,12-17,25H,7-8,11,18-20H2,(H,31,33)(H,32,34)(H2,35,36,37). The number of hydrogen-bond acceptors (Lipinski definition) is 4. The molecule has 0 fully saturated rings. The van der Waals surface area contributed by atoms with Gasteiger partial charge < -0.3 is 25.2 Å². The quantitative estimate of drug-likeness (QED) is 0.174. The van der Waals surface area contributed by atoms with Gasteiger partial charge >= 0.3 is 19.4 Å². The molecular formula is C28H31F2N2O6P.